The van der Waals surface area contributed by atoms with Crippen molar-refractivity contribution < 1.29 is 14.3 Å². The molecule has 0 aromatic heterocycles. The molecule has 5 nitrogen and oxygen atoms in total. The van der Waals surface area contributed by atoms with Crippen LogP contribution < -0.4 is 10.1 Å². The first-order chi connectivity index (χ1) is 15.1. The van der Waals surface area contributed by atoms with Crippen LogP contribution in [0.5, 0.6) is 5.75 Å². The molecule has 0 bridgehead atoms. The van der Waals surface area contributed by atoms with Crippen LogP contribution in [0.15, 0.2) is 59.5 Å². The van der Waals surface area contributed by atoms with Gasteiger partial charge in [0.25, 0.3) is 0 Å². The van der Waals surface area contributed by atoms with Gasteiger partial charge in [-0.2, -0.15) is 0 Å². The number of nitrogens with zero attached hydrogens (tertiary/aromatic N) is 1. The van der Waals surface area contributed by atoms with Crippen molar-refractivity contribution in [3.8, 4) is 5.75 Å². The first-order valence-corrected chi connectivity index (χ1v) is 12.0. The number of carbonyl (C=O) groups is 2. The average Bonchev–Trinajstić information content (AvgIpc) is 2.80. The molecule has 6 heteroatoms. The number of hydrogen-bond acceptors (Lipinski definition) is 4. The molecule has 0 saturated heterocycles. The van der Waals surface area contributed by atoms with E-state index < -0.39 is 6.04 Å². The summed E-state index contributed by atoms with van der Waals surface area (Å²) in [4.78, 5) is 29.0. The standard InChI is InChI=1S/C25H34N2O3S/c1-4-6-16-26-25(29)23(5-2)27(19-20-11-10-12-21(18-20)30-3)24(28)15-17-31-22-13-8-7-9-14-22/h7-14,18,23H,4-6,15-17,19H2,1-3H3,(H,26,29)/t23-/m0/s1. The van der Waals surface area contributed by atoms with E-state index in [1.165, 1.54) is 0 Å². The van der Waals surface area contributed by atoms with Gasteiger partial charge in [-0.15, -0.1) is 11.8 Å². The average molecular weight is 443 g/mol. The summed E-state index contributed by atoms with van der Waals surface area (Å²) >= 11 is 1.66. The normalized spacial score (nSPS) is 11.6. The van der Waals surface area contributed by atoms with Crippen molar-refractivity contribution in [3.63, 3.8) is 0 Å². The molecule has 0 fully saturated rings. The minimum absolute atomic E-state index is 0.0104. The van der Waals surface area contributed by atoms with Gasteiger partial charge >= 0.3 is 0 Å². The number of thioether (sulfide) groups is 1. The highest BCUT2D eigenvalue weighted by Crippen LogP contribution is 2.21. The summed E-state index contributed by atoms with van der Waals surface area (Å²) in [7, 11) is 1.62. The summed E-state index contributed by atoms with van der Waals surface area (Å²) in [5.74, 6) is 1.32. The number of carbonyl (C=O) groups excluding carboxylic acids is 2. The van der Waals surface area contributed by atoms with Gasteiger partial charge in [-0.25, -0.2) is 0 Å². The summed E-state index contributed by atoms with van der Waals surface area (Å²) < 4.78 is 5.32. The van der Waals surface area contributed by atoms with Crippen LogP contribution in [-0.2, 0) is 16.1 Å². The predicted molar refractivity (Wildman–Crippen MR) is 127 cm³/mol. The molecule has 0 aliphatic rings. The van der Waals surface area contributed by atoms with E-state index in [1.54, 1.807) is 23.8 Å². The van der Waals surface area contributed by atoms with Crippen LogP contribution >= 0.6 is 11.8 Å². The summed E-state index contributed by atoms with van der Waals surface area (Å²) in [6, 6.07) is 17.2. The molecule has 1 atom stereocenters. The van der Waals surface area contributed by atoms with Crippen LogP contribution in [0.2, 0.25) is 0 Å². The van der Waals surface area contributed by atoms with Crippen molar-refractivity contribution in [1.82, 2.24) is 10.2 Å². The molecular weight excluding hydrogens is 408 g/mol. The molecule has 31 heavy (non-hydrogen) atoms. The van der Waals surface area contributed by atoms with Crippen molar-refractivity contribution >= 4 is 23.6 Å². The van der Waals surface area contributed by atoms with E-state index in [0.717, 1.165) is 29.1 Å². The quantitative estimate of drug-likeness (QED) is 0.354. The van der Waals surface area contributed by atoms with Crippen LogP contribution in [0.4, 0.5) is 0 Å². The lowest BCUT2D eigenvalue weighted by Gasteiger charge is -2.31. The fraction of sp³-hybridized carbons (Fsp3) is 0.440. The first-order valence-electron chi connectivity index (χ1n) is 11.0. The van der Waals surface area contributed by atoms with E-state index in [-0.39, 0.29) is 11.8 Å². The fourth-order valence-electron chi connectivity index (χ4n) is 3.31. The van der Waals surface area contributed by atoms with E-state index in [0.29, 0.717) is 31.7 Å². The lowest BCUT2D eigenvalue weighted by atomic mass is 10.1. The van der Waals surface area contributed by atoms with Crippen molar-refractivity contribution in [2.45, 2.75) is 57.0 Å². The van der Waals surface area contributed by atoms with E-state index in [9.17, 15) is 9.59 Å². The molecule has 0 radical (unpaired) electrons. The number of rotatable bonds is 13. The fourth-order valence-corrected chi connectivity index (χ4v) is 4.17. The Morgan fingerprint density at radius 3 is 2.55 bits per heavy atom. The lowest BCUT2D eigenvalue weighted by Crippen LogP contribution is -2.49. The van der Waals surface area contributed by atoms with Crippen LogP contribution in [0.25, 0.3) is 0 Å². The van der Waals surface area contributed by atoms with Crippen molar-refractivity contribution in [2.75, 3.05) is 19.4 Å². The second-order valence-electron chi connectivity index (χ2n) is 7.35. The maximum Gasteiger partial charge on any atom is 0.242 e. The second-order valence-corrected chi connectivity index (χ2v) is 8.52. The second kappa shape index (κ2) is 13.8. The maximum atomic E-state index is 13.2. The number of amides is 2. The third-order valence-corrected chi connectivity index (χ3v) is 6.04. The van der Waals surface area contributed by atoms with Gasteiger partial charge < -0.3 is 15.0 Å². The molecule has 0 aliphatic heterocycles. The number of unbranched alkanes of at least 4 members (excludes halogenated alkanes) is 1. The van der Waals surface area contributed by atoms with Gasteiger partial charge in [0.2, 0.25) is 11.8 Å². The van der Waals surface area contributed by atoms with Crippen molar-refractivity contribution in [3.05, 3.63) is 60.2 Å². The Morgan fingerprint density at radius 2 is 1.87 bits per heavy atom. The molecule has 0 aliphatic carbocycles. The Balaban J connectivity index is 2.12. The molecule has 1 N–H and O–H groups in total. The van der Waals surface area contributed by atoms with Crippen LogP contribution in [-0.4, -0.2) is 42.2 Å². The molecule has 2 aromatic rings. The smallest absolute Gasteiger partial charge is 0.242 e. The molecule has 2 rings (SSSR count). The Bertz CT molecular complexity index is 813. The zero-order chi connectivity index (χ0) is 22.5. The maximum absolute atomic E-state index is 13.2. The molecule has 2 amide bonds. The van der Waals surface area contributed by atoms with E-state index in [2.05, 4.69) is 12.2 Å². The van der Waals surface area contributed by atoms with Crippen molar-refractivity contribution in [2.24, 2.45) is 0 Å². The summed E-state index contributed by atoms with van der Waals surface area (Å²) in [6.07, 6.45) is 2.89. The van der Waals surface area contributed by atoms with Gasteiger partial charge in [-0.05, 0) is 42.7 Å². The lowest BCUT2D eigenvalue weighted by molar-refractivity contribution is -0.141. The Labute approximate surface area is 190 Å². The predicted octanol–water partition coefficient (Wildman–Crippen LogP) is 4.90. The summed E-state index contributed by atoms with van der Waals surface area (Å²) in [6.45, 7) is 5.06. The molecule has 0 saturated carbocycles. The number of ether oxygens (including phenoxy) is 1. The van der Waals surface area contributed by atoms with E-state index in [4.69, 9.17) is 4.74 Å². The van der Waals surface area contributed by atoms with Crippen LogP contribution in [0.1, 0.15) is 45.1 Å². The molecule has 0 spiro atoms. The van der Waals surface area contributed by atoms with Gasteiger partial charge in [-0.1, -0.05) is 50.6 Å². The number of methoxy groups -OCH3 is 1. The third kappa shape index (κ3) is 8.29. The molecule has 0 unspecified atom stereocenters. The van der Waals surface area contributed by atoms with Crippen LogP contribution in [0.3, 0.4) is 0 Å². The highest BCUT2D eigenvalue weighted by molar-refractivity contribution is 7.99. The first kappa shape index (κ1) is 24.8. The largest absolute Gasteiger partial charge is 0.497 e. The van der Waals surface area contributed by atoms with Crippen LogP contribution in [0, 0.1) is 0 Å². The van der Waals surface area contributed by atoms with Gasteiger partial charge in [0.15, 0.2) is 0 Å². The minimum Gasteiger partial charge on any atom is -0.497 e. The van der Waals surface area contributed by atoms with Gasteiger partial charge in [-0.3, -0.25) is 9.59 Å². The Morgan fingerprint density at radius 1 is 1.10 bits per heavy atom. The van der Waals surface area contributed by atoms with Gasteiger partial charge in [0.05, 0.1) is 7.11 Å². The molecule has 2 aromatic carbocycles. The zero-order valence-corrected chi connectivity index (χ0v) is 19.6. The van der Waals surface area contributed by atoms with Gasteiger partial charge in [0, 0.05) is 30.2 Å². The van der Waals surface area contributed by atoms with E-state index in [1.807, 2.05) is 61.5 Å². The third-order valence-electron chi connectivity index (χ3n) is 5.03. The SMILES string of the molecule is CCCCNC(=O)[C@H](CC)N(Cc1cccc(OC)c1)C(=O)CCSc1ccccc1. The minimum atomic E-state index is -0.489. The number of benzene rings is 2. The Hall–Kier alpha value is -2.47. The molecule has 0 heterocycles. The summed E-state index contributed by atoms with van der Waals surface area (Å²) in [5, 5.41) is 3.00. The monoisotopic (exact) mass is 442 g/mol. The zero-order valence-electron chi connectivity index (χ0n) is 18.8. The highest BCUT2D eigenvalue weighted by atomic mass is 32.2. The Kier molecular flexibility index (Phi) is 11.0. The van der Waals surface area contributed by atoms with Gasteiger partial charge in [0.1, 0.15) is 11.8 Å². The van der Waals surface area contributed by atoms with E-state index >= 15 is 0 Å². The number of nitrogens with one attached hydrogen (secondary N) is 1. The summed E-state index contributed by atoms with van der Waals surface area (Å²) in [5.41, 5.74) is 0.947. The topological polar surface area (TPSA) is 58.6 Å². The molecule has 168 valence electrons. The number of hydrogen-bond donors (Lipinski definition) is 1. The van der Waals surface area contributed by atoms with Crippen molar-refractivity contribution in [1.29, 1.82) is 0 Å². The molecular formula is C25H34N2O3S. The highest BCUT2D eigenvalue weighted by Gasteiger charge is 2.28.